The maximum atomic E-state index is 14.3. The molecule has 2 aromatic carbocycles. The lowest BCUT2D eigenvalue weighted by Crippen LogP contribution is -2.53. The Balaban J connectivity index is 1.33. The van der Waals surface area contributed by atoms with Crippen molar-refractivity contribution in [1.82, 2.24) is 20.9 Å². The van der Waals surface area contributed by atoms with Gasteiger partial charge in [0, 0.05) is 25.6 Å². The van der Waals surface area contributed by atoms with Crippen LogP contribution in [0.1, 0.15) is 100 Å². The van der Waals surface area contributed by atoms with Crippen molar-refractivity contribution in [2.75, 3.05) is 13.2 Å². The van der Waals surface area contributed by atoms with Gasteiger partial charge in [0.15, 0.2) is 11.5 Å². The van der Waals surface area contributed by atoms with Crippen LogP contribution in [-0.4, -0.2) is 58.8 Å². The van der Waals surface area contributed by atoms with Crippen molar-refractivity contribution >= 4 is 34.3 Å². The van der Waals surface area contributed by atoms with E-state index in [1.165, 1.54) is 13.0 Å². The molecule has 5 rings (SSSR count). The first-order chi connectivity index (χ1) is 26.1. The zero-order valence-corrected chi connectivity index (χ0v) is 31.6. The van der Waals surface area contributed by atoms with E-state index in [-0.39, 0.29) is 55.1 Å². The minimum Gasteiger partial charge on any atom is -0.476 e. The van der Waals surface area contributed by atoms with E-state index < -0.39 is 35.9 Å². The monoisotopic (exact) mass is 738 g/mol. The summed E-state index contributed by atoms with van der Waals surface area (Å²) in [6.45, 7) is 5.78. The molecule has 288 valence electrons. The number of pyridine rings is 1. The molecule has 11 heteroatoms. The number of hydrogen-bond acceptors (Lipinski definition) is 8. The van der Waals surface area contributed by atoms with Gasteiger partial charge in [-0.3, -0.25) is 19.2 Å². The Morgan fingerprint density at radius 2 is 1.67 bits per heavy atom. The third-order valence-corrected chi connectivity index (χ3v) is 10.1. The number of aromatic nitrogens is 1. The summed E-state index contributed by atoms with van der Waals surface area (Å²) in [5.41, 5.74) is 0.920. The number of ketones is 1. The standard InChI is InChI=1S/C43H54N4O7/c1-28(2)24-36(43(52)46-35(25-30-12-5-4-6-13-30)41(50)38-20-19-37(54-38)29(3)48)47-42(51)33(26-32-16-11-15-31-14-7-8-17-34(31)32)27-39(49)44-22-23-53-40-18-9-10-21-45-40/h7-11,14-21,28,30,33,35-36,41,50H,4-6,12-13,22-27H2,1-3H3,(H,44,49)(H,46,52)(H,47,51)/t33-,35-,36+,41+/m1/s1. The van der Waals surface area contributed by atoms with Crippen LogP contribution in [0.2, 0.25) is 0 Å². The second kappa shape index (κ2) is 19.9. The molecule has 4 atom stereocenters. The summed E-state index contributed by atoms with van der Waals surface area (Å²) in [5, 5.41) is 22.5. The summed E-state index contributed by atoms with van der Waals surface area (Å²) in [6, 6.07) is 20.6. The molecule has 0 saturated heterocycles. The van der Waals surface area contributed by atoms with Gasteiger partial charge in [-0.25, -0.2) is 4.98 Å². The Kier molecular flexibility index (Phi) is 14.8. The van der Waals surface area contributed by atoms with Crippen LogP contribution in [0.15, 0.2) is 83.4 Å². The summed E-state index contributed by atoms with van der Waals surface area (Å²) >= 11 is 0. The van der Waals surface area contributed by atoms with Gasteiger partial charge in [-0.2, -0.15) is 0 Å². The Bertz CT molecular complexity index is 1830. The number of nitrogens with zero attached hydrogens (tertiary/aromatic N) is 1. The van der Waals surface area contributed by atoms with E-state index in [1.54, 1.807) is 24.4 Å². The van der Waals surface area contributed by atoms with Gasteiger partial charge in [-0.1, -0.05) is 94.5 Å². The zero-order valence-electron chi connectivity index (χ0n) is 31.6. The predicted molar refractivity (Wildman–Crippen MR) is 207 cm³/mol. The average molecular weight is 739 g/mol. The lowest BCUT2D eigenvalue weighted by molar-refractivity contribution is -0.134. The molecule has 0 unspecified atom stereocenters. The SMILES string of the molecule is CC(=O)c1ccc([C@@H](O)[C@@H](CC2CCCCC2)NC(=O)[C@H](CC(C)C)NC(=O)[C@@H](CC(=O)NCCOc2ccccn2)Cc2cccc3ccccc23)o1. The highest BCUT2D eigenvalue weighted by Crippen LogP contribution is 2.32. The molecule has 4 aromatic rings. The number of fused-ring (bicyclic) bond motifs is 1. The number of ether oxygens (including phenoxy) is 1. The van der Waals surface area contributed by atoms with Crippen molar-refractivity contribution in [2.24, 2.45) is 17.8 Å². The normalized spacial score (nSPS) is 15.6. The van der Waals surface area contributed by atoms with E-state index in [0.29, 0.717) is 24.6 Å². The molecule has 4 N–H and O–H groups in total. The van der Waals surface area contributed by atoms with Crippen molar-refractivity contribution in [1.29, 1.82) is 0 Å². The highest BCUT2D eigenvalue weighted by molar-refractivity contribution is 5.92. The average Bonchev–Trinajstić information content (AvgIpc) is 3.67. The molecule has 1 aliphatic carbocycles. The number of hydrogen-bond donors (Lipinski definition) is 4. The fraction of sp³-hybridized carbons (Fsp3) is 0.465. The number of furan rings is 1. The third kappa shape index (κ3) is 11.7. The molecular formula is C43H54N4O7. The second-order valence-electron chi connectivity index (χ2n) is 14.9. The van der Waals surface area contributed by atoms with Gasteiger partial charge in [0.05, 0.1) is 18.5 Å². The van der Waals surface area contributed by atoms with E-state index >= 15 is 0 Å². The number of rotatable bonds is 19. The highest BCUT2D eigenvalue weighted by Gasteiger charge is 2.34. The minimum absolute atomic E-state index is 0.0462. The van der Waals surface area contributed by atoms with Crippen LogP contribution in [0.3, 0.4) is 0 Å². The minimum atomic E-state index is -1.19. The van der Waals surface area contributed by atoms with E-state index in [1.807, 2.05) is 62.4 Å². The number of carbonyl (C=O) groups excluding carboxylic acids is 4. The van der Waals surface area contributed by atoms with Crippen molar-refractivity contribution in [3.63, 3.8) is 0 Å². The molecule has 11 nitrogen and oxygen atoms in total. The van der Waals surface area contributed by atoms with E-state index in [9.17, 15) is 24.3 Å². The Morgan fingerprint density at radius 3 is 2.39 bits per heavy atom. The summed E-state index contributed by atoms with van der Waals surface area (Å²) < 4.78 is 11.3. The first-order valence-electron chi connectivity index (χ1n) is 19.2. The molecule has 54 heavy (non-hydrogen) atoms. The quantitative estimate of drug-likeness (QED) is 0.0627. The predicted octanol–water partition coefficient (Wildman–Crippen LogP) is 6.49. The first kappa shape index (κ1) is 40.2. The molecule has 2 aromatic heterocycles. The lowest BCUT2D eigenvalue weighted by atomic mass is 9.83. The Hall–Kier alpha value is -5.03. The summed E-state index contributed by atoms with van der Waals surface area (Å²) in [4.78, 5) is 57.8. The van der Waals surface area contributed by atoms with Gasteiger partial charge < -0.3 is 30.2 Å². The van der Waals surface area contributed by atoms with E-state index in [2.05, 4.69) is 20.9 Å². The molecule has 1 saturated carbocycles. The van der Waals surface area contributed by atoms with Gasteiger partial charge in [-0.05, 0) is 65.6 Å². The Labute approximate surface area is 317 Å². The first-order valence-corrected chi connectivity index (χ1v) is 19.2. The van der Waals surface area contributed by atoms with E-state index in [4.69, 9.17) is 9.15 Å². The van der Waals surface area contributed by atoms with E-state index in [0.717, 1.165) is 48.4 Å². The highest BCUT2D eigenvalue weighted by atomic mass is 16.5. The summed E-state index contributed by atoms with van der Waals surface area (Å²) in [7, 11) is 0. The largest absolute Gasteiger partial charge is 0.476 e. The van der Waals surface area contributed by atoms with Gasteiger partial charge >= 0.3 is 0 Å². The molecule has 0 spiro atoms. The number of amides is 3. The van der Waals surface area contributed by atoms with Crippen molar-refractivity contribution in [2.45, 2.75) is 96.7 Å². The van der Waals surface area contributed by atoms with Crippen LogP contribution in [0.25, 0.3) is 10.8 Å². The molecule has 2 heterocycles. The van der Waals surface area contributed by atoms with Crippen LogP contribution in [-0.2, 0) is 20.8 Å². The van der Waals surface area contributed by atoms with Gasteiger partial charge in [0.25, 0.3) is 0 Å². The van der Waals surface area contributed by atoms with Gasteiger partial charge in [-0.15, -0.1) is 0 Å². The number of Topliss-reactive ketones (excluding diaryl/α,β-unsaturated/α-hetero) is 1. The summed E-state index contributed by atoms with van der Waals surface area (Å²) in [5.74, 6) is -1.05. The number of aliphatic hydroxyl groups excluding tert-OH is 1. The molecule has 0 bridgehead atoms. The van der Waals surface area contributed by atoms with Crippen LogP contribution in [0.5, 0.6) is 5.88 Å². The van der Waals surface area contributed by atoms with Gasteiger partial charge in [0.2, 0.25) is 23.6 Å². The maximum Gasteiger partial charge on any atom is 0.242 e. The Morgan fingerprint density at radius 1 is 0.907 bits per heavy atom. The molecule has 1 fully saturated rings. The van der Waals surface area contributed by atoms with Crippen LogP contribution in [0.4, 0.5) is 0 Å². The lowest BCUT2D eigenvalue weighted by Gasteiger charge is -2.31. The fourth-order valence-corrected chi connectivity index (χ4v) is 7.29. The summed E-state index contributed by atoms with van der Waals surface area (Å²) in [6.07, 6.45) is 6.81. The number of benzene rings is 2. The zero-order chi connectivity index (χ0) is 38.5. The molecule has 1 aliphatic rings. The fourth-order valence-electron chi connectivity index (χ4n) is 7.29. The number of carbonyl (C=O) groups is 4. The second-order valence-corrected chi connectivity index (χ2v) is 14.9. The van der Waals surface area contributed by atoms with Crippen LogP contribution < -0.4 is 20.7 Å². The van der Waals surface area contributed by atoms with Crippen molar-refractivity contribution < 1.29 is 33.4 Å². The molecule has 0 aliphatic heterocycles. The topological polar surface area (TPSA) is 160 Å². The molecule has 0 radical (unpaired) electrons. The number of nitrogens with one attached hydrogen (secondary N) is 3. The van der Waals surface area contributed by atoms with Crippen molar-refractivity contribution in [3.8, 4) is 5.88 Å². The molecule has 3 amide bonds. The smallest absolute Gasteiger partial charge is 0.242 e. The van der Waals surface area contributed by atoms with Crippen molar-refractivity contribution in [3.05, 3.63) is 96.1 Å². The van der Waals surface area contributed by atoms with Gasteiger partial charge in [0.1, 0.15) is 24.5 Å². The molecular weight excluding hydrogens is 684 g/mol. The third-order valence-electron chi connectivity index (χ3n) is 10.1. The maximum absolute atomic E-state index is 14.3. The number of aliphatic hydroxyl groups is 1. The van der Waals surface area contributed by atoms with Crippen LogP contribution in [0, 0.1) is 17.8 Å². The van der Waals surface area contributed by atoms with Crippen LogP contribution >= 0.6 is 0 Å².